The second-order valence-corrected chi connectivity index (χ2v) is 9.40. The van der Waals surface area contributed by atoms with Crippen LogP contribution in [0.25, 0.3) is 22.2 Å². The zero-order chi connectivity index (χ0) is 27.0. The van der Waals surface area contributed by atoms with E-state index in [1.165, 1.54) is 6.07 Å². The van der Waals surface area contributed by atoms with Crippen LogP contribution in [0.5, 0.6) is 5.75 Å². The van der Waals surface area contributed by atoms with Gasteiger partial charge < -0.3 is 20.9 Å². The summed E-state index contributed by atoms with van der Waals surface area (Å²) in [6, 6.07) is 8.23. The molecule has 1 aliphatic heterocycles. The molecule has 3 atom stereocenters. The molecule has 0 aliphatic carbocycles. The molecule has 0 radical (unpaired) electrons. The standard InChI is InChI=1S/C27H27F3N6O2/c1-14-20-10-22(33-12-23(20)36-35-14)21-11-24(26(32)34-25(21)19-6-7-37-15(19)2)38-13-18(31)9-16-4-3-5-17(8-16)27(28,29)30/h3-8,10-12,15,18-19H,9,13,31H2,1-2H3,(H2,32,34)(H,35,36)/t15?,18-,19?/m0/s1. The Hall–Kier alpha value is -4.12. The number of benzene rings is 1. The summed E-state index contributed by atoms with van der Waals surface area (Å²) in [6.07, 6.45) is 0.905. The third kappa shape index (κ3) is 5.14. The minimum Gasteiger partial charge on any atom is -0.498 e. The quantitative estimate of drug-likeness (QED) is 0.314. The van der Waals surface area contributed by atoms with E-state index < -0.39 is 17.8 Å². The Morgan fingerprint density at radius 1 is 1.21 bits per heavy atom. The number of anilines is 1. The largest absolute Gasteiger partial charge is 0.498 e. The van der Waals surface area contributed by atoms with Gasteiger partial charge >= 0.3 is 6.18 Å². The normalized spacial score (nSPS) is 18.1. The lowest BCUT2D eigenvalue weighted by Crippen LogP contribution is -2.30. The van der Waals surface area contributed by atoms with Crippen LogP contribution in [0.1, 0.15) is 35.4 Å². The summed E-state index contributed by atoms with van der Waals surface area (Å²) in [5, 5.41) is 8.12. The van der Waals surface area contributed by atoms with Crippen molar-refractivity contribution in [1.29, 1.82) is 0 Å². The van der Waals surface area contributed by atoms with Gasteiger partial charge in [0.15, 0.2) is 11.6 Å². The van der Waals surface area contributed by atoms with Gasteiger partial charge in [-0.3, -0.25) is 10.1 Å². The number of nitrogen functional groups attached to an aromatic ring is 1. The molecule has 0 bridgehead atoms. The van der Waals surface area contributed by atoms with Gasteiger partial charge in [-0.05, 0) is 50.1 Å². The van der Waals surface area contributed by atoms with E-state index in [2.05, 4.69) is 20.2 Å². The first kappa shape index (κ1) is 25.5. The van der Waals surface area contributed by atoms with Crippen molar-refractivity contribution in [3.63, 3.8) is 0 Å². The predicted octanol–water partition coefficient (Wildman–Crippen LogP) is 4.89. The van der Waals surface area contributed by atoms with Crippen molar-refractivity contribution in [3.05, 3.63) is 77.4 Å². The molecule has 0 amide bonds. The van der Waals surface area contributed by atoms with Gasteiger partial charge in [-0.2, -0.15) is 18.3 Å². The van der Waals surface area contributed by atoms with Gasteiger partial charge in [-0.1, -0.05) is 18.2 Å². The van der Waals surface area contributed by atoms with Gasteiger partial charge in [0.2, 0.25) is 0 Å². The summed E-state index contributed by atoms with van der Waals surface area (Å²) in [6.45, 7) is 3.87. The van der Waals surface area contributed by atoms with Crippen molar-refractivity contribution in [2.45, 2.75) is 44.5 Å². The fraction of sp³-hybridized carbons (Fsp3) is 0.296. The number of rotatable bonds is 7. The fourth-order valence-corrected chi connectivity index (χ4v) is 4.54. The van der Waals surface area contributed by atoms with Crippen LogP contribution in [-0.2, 0) is 17.3 Å². The SMILES string of the molecule is Cc1n[nH]c2cnc(-c3cc(OC[C@@H](N)Cc4cccc(C(F)(F)F)c4)c(N)nc3C3C=COC3C)cc12. The van der Waals surface area contributed by atoms with E-state index in [0.717, 1.165) is 34.3 Å². The number of aryl methyl sites for hydroxylation is 1. The Morgan fingerprint density at radius 2 is 2.03 bits per heavy atom. The molecule has 8 nitrogen and oxygen atoms in total. The van der Waals surface area contributed by atoms with E-state index in [0.29, 0.717) is 22.7 Å². The second kappa shape index (κ2) is 9.97. The fourth-order valence-electron chi connectivity index (χ4n) is 4.54. The zero-order valence-corrected chi connectivity index (χ0v) is 20.8. The number of aromatic amines is 1. The van der Waals surface area contributed by atoms with Gasteiger partial charge in [0.25, 0.3) is 0 Å². The summed E-state index contributed by atoms with van der Waals surface area (Å²) in [7, 11) is 0. The van der Waals surface area contributed by atoms with Gasteiger partial charge in [-0.25, -0.2) is 4.98 Å². The predicted molar refractivity (Wildman–Crippen MR) is 137 cm³/mol. The maximum Gasteiger partial charge on any atom is 0.416 e. The Bertz CT molecular complexity index is 1500. The molecule has 4 heterocycles. The molecule has 2 unspecified atom stereocenters. The minimum atomic E-state index is -4.42. The van der Waals surface area contributed by atoms with Crippen molar-refractivity contribution < 1.29 is 22.6 Å². The second-order valence-electron chi connectivity index (χ2n) is 9.40. The summed E-state index contributed by atoms with van der Waals surface area (Å²) in [4.78, 5) is 9.27. The highest BCUT2D eigenvalue weighted by Gasteiger charge is 2.31. The Kier molecular flexibility index (Phi) is 6.70. The van der Waals surface area contributed by atoms with Crippen LogP contribution in [0, 0.1) is 6.92 Å². The Morgan fingerprint density at radius 3 is 2.76 bits per heavy atom. The molecule has 5 N–H and O–H groups in total. The molecule has 0 fully saturated rings. The average Bonchev–Trinajstić information content (AvgIpc) is 3.47. The number of hydrogen-bond acceptors (Lipinski definition) is 7. The molecule has 3 aromatic heterocycles. The molecule has 0 spiro atoms. The first-order valence-electron chi connectivity index (χ1n) is 12.1. The van der Waals surface area contributed by atoms with Gasteiger partial charge in [0.05, 0.1) is 46.5 Å². The molecular weight excluding hydrogens is 497 g/mol. The molecule has 38 heavy (non-hydrogen) atoms. The molecule has 0 saturated carbocycles. The average molecular weight is 525 g/mol. The van der Waals surface area contributed by atoms with Crippen LogP contribution in [0.3, 0.4) is 0 Å². The van der Waals surface area contributed by atoms with Crippen molar-refractivity contribution in [2.75, 3.05) is 12.3 Å². The maximum absolute atomic E-state index is 13.1. The maximum atomic E-state index is 13.1. The first-order valence-corrected chi connectivity index (χ1v) is 12.1. The van der Waals surface area contributed by atoms with Crippen molar-refractivity contribution in [3.8, 4) is 17.0 Å². The number of aromatic nitrogens is 4. The number of pyridine rings is 2. The number of hydrogen-bond donors (Lipinski definition) is 3. The van der Waals surface area contributed by atoms with Crippen LogP contribution < -0.4 is 16.2 Å². The molecule has 1 aliphatic rings. The van der Waals surface area contributed by atoms with E-state index in [4.69, 9.17) is 20.9 Å². The van der Waals surface area contributed by atoms with Crippen LogP contribution in [0.4, 0.5) is 19.0 Å². The van der Waals surface area contributed by atoms with E-state index in [1.807, 2.05) is 26.0 Å². The molecule has 11 heteroatoms. The number of H-pyrrole nitrogens is 1. The topological polar surface area (TPSA) is 125 Å². The van der Waals surface area contributed by atoms with Crippen LogP contribution in [0.2, 0.25) is 0 Å². The Balaban J connectivity index is 1.42. The van der Waals surface area contributed by atoms with Crippen molar-refractivity contribution in [2.24, 2.45) is 5.73 Å². The molecule has 5 rings (SSSR count). The number of nitrogens with zero attached hydrogens (tertiary/aromatic N) is 3. The van der Waals surface area contributed by atoms with E-state index >= 15 is 0 Å². The number of fused-ring (bicyclic) bond motifs is 1. The zero-order valence-electron chi connectivity index (χ0n) is 20.8. The van der Waals surface area contributed by atoms with Crippen LogP contribution >= 0.6 is 0 Å². The van der Waals surface area contributed by atoms with Crippen LogP contribution in [0.15, 0.2) is 54.9 Å². The third-order valence-electron chi connectivity index (χ3n) is 6.56. The van der Waals surface area contributed by atoms with Crippen molar-refractivity contribution >= 4 is 16.7 Å². The summed E-state index contributed by atoms with van der Waals surface area (Å²) in [5.41, 5.74) is 16.0. The van der Waals surface area contributed by atoms with E-state index in [9.17, 15) is 13.2 Å². The van der Waals surface area contributed by atoms with E-state index in [-0.39, 0.29) is 30.9 Å². The lowest BCUT2D eigenvalue weighted by Gasteiger charge is -2.20. The van der Waals surface area contributed by atoms with Crippen LogP contribution in [-0.4, -0.2) is 38.9 Å². The lowest BCUT2D eigenvalue weighted by molar-refractivity contribution is -0.137. The molecule has 0 saturated heterocycles. The highest BCUT2D eigenvalue weighted by atomic mass is 19.4. The summed E-state index contributed by atoms with van der Waals surface area (Å²) >= 11 is 0. The molecule has 1 aromatic carbocycles. The van der Waals surface area contributed by atoms with E-state index in [1.54, 1.807) is 24.6 Å². The smallest absolute Gasteiger partial charge is 0.416 e. The monoisotopic (exact) mass is 524 g/mol. The number of nitrogens with two attached hydrogens (primary N) is 2. The lowest BCUT2D eigenvalue weighted by atomic mass is 9.94. The van der Waals surface area contributed by atoms with Gasteiger partial charge in [0, 0.05) is 17.0 Å². The molecule has 198 valence electrons. The highest BCUT2D eigenvalue weighted by molar-refractivity contribution is 5.85. The van der Waals surface area contributed by atoms with Crippen molar-refractivity contribution in [1.82, 2.24) is 20.2 Å². The molecular formula is C27H27F3N6O2. The number of ether oxygens (including phenoxy) is 2. The number of nitrogens with one attached hydrogen (secondary N) is 1. The van der Waals surface area contributed by atoms with Gasteiger partial charge in [0.1, 0.15) is 12.7 Å². The Labute approximate surface area is 216 Å². The summed E-state index contributed by atoms with van der Waals surface area (Å²) in [5.74, 6) is 0.333. The highest BCUT2D eigenvalue weighted by Crippen LogP contribution is 2.38. The summed E-state index contributed by atoms with van der Waals surface area (Å²) < 4.78 is 50.7. The first-order chi connectivity index (χ1) is 18.1. The van der Waals surface area contributed by atoms with Gasteiger partial charge in [-0.15, -0.1) is 0 Å². The third-order valence-corrected chi connectivity index (χ3v) is 6.56. The number of halogens is 3. The number of alkyl halides is 3. The molecule has 4 aromatic rings. The minimum absolute atomic E-state index is 0.0249.